The Morgan fingerprint density at radius 1 is 1.21 bits per heavy atom. The molecule has 0 spiro atoms. The van der Waals surface area contributed by atoms with Crippen molar-refractivity contribution in [1.29, 1.82) is 0 Å². The van der Waals surface area contributed by atoms with Crippen molar-refractivity contribution >= 4 is 0 Å². The van der Waals surface area contributed by atoms with E-state index < -0.39 is 0 Å². The molecule has 0 aliphatic carbocycles. The molecule has 1 aliphatic rings. The van der Waals surface area contributed by atoms with Crippen molar-refractivity contribution in [1.82, 2.24) is 4.90 Å². The molecule has 1 fully saturated rings. The molecule has 1 nitrogen and oxygen atoms in total. The van der Waals surface area contributed by atoms with E-state index in [0.717, 1.165) is 18.0 Å². The van der Waals surface area contributed by atoms with E-state index in [1.54, 1.807) is 0 Å². The molecule has 14 heavy (non-hydrogen) atoms. The summed E-state index contributed by atoms with van der Waals surface area (Å²) in [7, 11) is 0. The largest absolute Gasteiger partial charge is 0.298 e. The van der Waals surface area contributed by atoms with Crippen LogP contribution in [0, 0.1) is 5.92 Å². The van der Waals surface area contributed by atoms with Crippen molar-refractivity contribution in [3.05, 3.63) is 0 Å². The van der Waals surface area contributed by atoms with Gasteiger partial charge in [-0.2, -0.15) is 0 Å². The first-order valence-electron chi connectivity index (χ1n) is 6.34. The first-order valence-corrected chi connectivity index (χ1v) is 6.34. The van der Waals surface area contributed by atoms with Crippen LogP contribution in [0.25, 0.3) is 0 Å². The quantitative estimate of drug-likeness (QED) is 0.651. The zero-order valence-corrected chi connectivity index (χ0v) is 11.0. The Morgan fingerprint density at radius 2 is 1.71 bits per heavy atom. The SMILES string of the molecule is CCC.CCC1CCN(C(C)C)C1C. The Kier molecular flexibility index (Phi) is 7.26. The predicted octanol–water partition coefficient (Wildman–Crippen LogP) is 3.93. The second-order valence-electron chi connectivity index (χ2n) is 4.74. The monoisotopic (exact) mass is 199 g/mol. The lowest BCUT2D eigenvalue weighted by atomic mass is 9.99. The van der Waals surface area contributed by atoms with Gasteiger partial charge in [0.1, 0.15) is 0 Å². The summed E-state index contributed by atoms with van der Waals surface area (Å²) in [6.07, 6.45) is 4.01. The molecule has 1 rings (SSSR count). The number of hydrogen-bond acceptors (Lipinski definition) is 1. The summed E-state index contributed by atoms with van der Waals surface area (Å²) in [5, 5.41) is 0. The van der Waals surface area contributed by atoms with Crippen LogP contribution < -0.4 is 0 Å². The molecule has 2 atom stereocenters. The highest BCUT2D eigenvalue weighted by Gasteiger charge is 2.30. The Morgan fingerprint density at radius 3 is 1.93 bits per heavy atom. The van der Waals surface area contributed by atoms with E-state index in [1.165, 1.54) is 25.8 Å². The van der Waals surface area contributed by atoms with Crippen LogP contribution >= 0.6 is 0 Å². The molecule has 86 valence electrons. The smallest absolute Gasteiger partial charge is 0.00982 e. The summed E-state index contributed by atoms with van der Waals surface area (Å²) < 4.78 is 0. The fraction of sp³-hybridized carbons (Fsp3) is 1.00. The van der Waals surface area contributed by atoms with E-state index in [4.69, 9.17) is 0 Å². The molecule has 0 aromatic rings. The van der Waals surface area contributed by atoms with Gasteiger partial charge in [0.25, 0.3) is 0 Å². The molecule has 2 unspecified atom stereocenters. The topological polar surface area (TPSA) is 3.24 Å². The summed E-state index contributed by atoms with van der Waals surface area (Å²) in [4.78, 5) is 2.62. The van der Waals surface area contributed by atoms with E-state index in [2.05, 4.69) is 46.4 Å². The van der Waals surface area contributed by atoms with Crippen molar-refractivity contribution in [3.63, 3.8) is 0 Å². The summed E-state index contributed by atoms with van der Waals surface area (Å²) in [6, 6.07) is 1.56. The zero-order valence-electron chi connectivity index (χ0n) is 11.0. The Hall–Kier alpha value is -0.0400. The standard InChI is InChI=1S/C10H21N.C3H8/c1-5-10-6-7-11(8(2)3)9(10)4;1-3-2/h8-10H,5-7H2,1-4H3;3H2,1-2H3. The second kappa shape index (κ2) is 7.28. The van der Waals surface area contributed by atoms with Crippen molar-refractivity contribution in [2.24, 2.45) is 5.92 Å². The Balaban J connectivity index is 0.000000500. The molecule has 1 heterocycles. The van der Waals surface area contributed by atoms with Gasteiger partial charge in [-0.3, -0.25) is 4.90 Å². The molecule has 1 saturated heterocycles. The average molecular weight is 199 g/mol. The van der Waals surface area contributed by atoms with E-state index in [-0.39, 0.29) is 0 Å². The maximum absolute atomic E-state index is 2.62. The van der Waals surface area contributed by atoms with Gasteiger partial charge in [-0.25, -0.2) is 0 Å². The fourth-order valence-corrected chi connectivity index (χ4v) is 2.30. The molecule has 0 amide bonds. The second-order valence-corrected chi connectivity index (χ2v) is 4.74. The fourth-order valence-electron chi connectivity index (χ4n) is 2.30. The number of hydrogen-bond donors (Lipinski definition) is 0. The minimum Gasteiger partial charge on any atom is -0.298 e. The molecule has 0 aromatic heterocycles. The lowest BCUT2D eigenvalue weighted by Gasteiger charge is -2.27. The highest BCUT2D eigenvalue weighted by molar-refractivity contribution is 4.84. The highest BCUT2D eigenvalue weighted by Crippen LogP contribution is 2.27. The molecule has 0 radical (unpaired) electrons. The average Bonchev–Trinajstić information content (AvgIpc) is 2.48. The minimum absolute atomic E-state index is 0.738. The summed E-state index contributed by atoms with van der Waals surface area (Å²) in [5.41, 5.74) is 0. The molecule has 0 N–H and O–H groups in total. The van der Waals surface area contributed by atoms with Gasteiger partial charge in [0.15, 0.2) is 0 Å². The maximum atomic E-state index is 2.62. The normalized spacial score (nSPS) is 27.6. The van der Waals surface area contributed by atoms with E-state index >= 15 is 0 Å². The van der Waals surface area contributed by atoms with Crippen LogP contribution in [0.5, 0.6) is 0 Å². The Bertz CT molecular complexity index is 131. The molecular formula is C13H29N. The van der Waals surface area contributed by atoms with Crippen LogP contribution in [0.1, 0.15) is 60.8 Å². The third-order valence-electron chi connectivity index (χ3n) is 3.15. The lowest BCUT2D eigenvalue weighted by molar-refractivity contribution is 0.194. The van der Waals surface area contributed by atoms with Gasteiger partial charge >= 0.3 is 0 Å². The molecule has 1 aliphatic heterocycles. The first-order chi connectivity index (χ1) is 6.58. The van der Waals surface area contributed by atoms with Gasteiger partial charge in [0, 0.05) is 12.1 Å². The lowest BCUT2D eigenvalue weighted by Crippen LogP contribution is -2.35. The van der Waals surface area contributed by atoms with Crippen molar-refractivity contribution in [2.75, 3.05) is 6.54 Å². The van der Waals surface area contributed by atoms with Crippen molar-refractivity contribution in [3.8, 4) is 0 Å². The zero-order chi connectivity index (χ0) is 11.1. The van der Waals surface area contributed by atoms with E-state index in [9.17, 15) is 0 Å². The van der Waals surface area contributed by atoms with Crippen LogP contribution in [-0.4, -0.2) is 23.5 Å². The number of likely N-dealkylation sites (tertiary alicyclic amines) is 1. The molecule has 0 aromatic carbocycles. The van der Waals surface area contributed by atoms with Crippen molar-refractivity contribution < 1.29 is 0 Å². The van der Waals surface area contributed by atoms with Gasteiger partial charge < -0.3 is 0 Å². The Labute approximate surface area is 90.9 Å². The number of rotatable bonds is 2. The third-order valence-corrected chi connectivity index (χ3v) is 3.15. The predicted molar refractivity (Wildman–Crippen MR) is 65.7 cm³/mol. The van der Waals surface area contributed by atoms with Crippen LogP contribution in [0.15, 0.2) is 0 Å². The first kappa shape index (κ1) is 14.0. The maximum Gasteiger partial charge on any atom is 0.00982 e. The summed E-state index contributed by atoms with van der Waals surface area (Å²) >= 11 is 0. The van der Waals surface area contributed by atoms with Crippen LogP contribution in [-0.2, 0) is 0 Å². The molecule has 0 saturated carbocycles. The highest BCUT2D eigenvalue weighted by atomic mass is 15.2. The van der Waals surface area contributed by atoms with Crippen LogP contribution in [0.3, 0.4) is 0 Å². The summed E-state index contributed by atoms with van der Waals surface area (Å²) in [6.45, 7) is 14.9. The van der Waals surface area contributed by atoms with Gasteiger partial charge in [-0.1, -0.05) is 33.6 Å². The van der Waals surface area contributed by atoms with Gasteiger partial charge in [0.2, 0.25) is 0 Å². The minimum atomic E-state index is 0.738. The third kappa shape index (κ3) is 4.00. The molecular weight excluding hydrogens is 170 g/mol. The van der Waals surface area contributed by atoms with Crippen molar-refractivity contribution in [2.45, 2.75) is 72.9 Å². The molecule has 1 heteroatoms. The van der Waals surface area contributed by atoms with Gasteiger partial charge in [0.05, 0.1) is 0 Å². The van der Waals surface area contributed by atoms with Gasteiger partial charge in [-0.15, -0.1) is 0 Å². The van der Waals surface area contributed by atoms with Gasteiger partial charge in [-0.05, 0) is 39.7 Å². The molecule has 0 bridgehead atoms. The van der Waals surface area contributed by atoms with E-state index in [1.807, 2.05) is 0 Å². The van der Waals surface area contributed by atoms with Crippen LogP contribution in [0.2, 0.25) is 0 Å². The van der Waals surface area contributed by atoms with E-state index in [0.29, 0.717) is 0 Å². The van der Waals surface area contributed by atoms with Crippen LogP contribution in [0.4, 0.5) is 0 Å². The summed E-state index contributed by atoms with van der Waals surface area (Å²) in [5.74, 6) is 0.956. The number of nitrogens with zero attached hydrogens (tertiary/aromatic N) is 1.